The Kier molecular flexibility index (Phi) is 3.54. The zero-order valence-electron chi connectivity index (χ0n) is 13.0. The molecular weight excluding hydrogens is 302 g/mol. The summed E-state index contributed by atoms with van der Waals surface area (Å²) in [6.45, 7) is 0.414. The molecule has 1 saturated heterocycles. The summed E-state index contributed by atoms with van der Waals surface area (Å²) < 4.78 is 0. The smallest absolute Gasteiger partial charge is 0.229 e. The highest BCUT2D eigenvalue weighted by Gasteiger charge is 2.35. The van der Waals surface area contributed by atoms with Crippen molar-refractivity contribution in [2.24, 2.45) is 5.92 Å². The second kappa shape index (κ2) is 5.85. The third-order valence-electron chi connectivity index (χ3n) is 4.42. The summed E-state index contributed by atoms with van der Waals surface area (Å²) in [6.07, 6.45) is 2.08. The lowest BCUT2D eigenvalue weighted by Crippen LogP contribution is -2.28. The molecule has 2 amide bonds. The van der Waals surface area contributed by atoms with Crippen LogP contribution in [0.5, 0.6) is 0 Å². The van der Waals surface area contributed by atoms with E-state index in [9.17, 15) is 9.59 Å². The van der Waals surface area contributed by atoms with Gasteiger partial charge in [0.05, 0.1) is 11.6 Å². The fraction of sp³-hybridized carbons (Fsp3) is 0.158. The molecule has 24 heavy (non-hydrogen) atoms. The minimum atomic E-state index is -0.341. The van der Waals surface area contributed by atoms with Crippen LogP contribution >= 0.6 is 0 Å². The number of rotatable bonds is 3. The van der Waals surface area contributed by atoms with E-state index in [0.29, 0.717) is 6.54 Å². The van der Waals surface area contributed by atoms with E-state index in [1.807, 2.05) is 60.8 Å². The van der Waals surface area contributed by atoms with Gasteiger partial charge in [0.25, 0.3) is 0 Å². The van der Waals surface area contributed by atoms with Gasteiger partial charge in [0, 0.05) is 35.8 Å². The lowest BCUT2D eigenvalue weighted by atomic mass is 10.1. The first kappa shape index (κ1) is 14.5. The van der Waals surface area contributed by atoms with Crippen LogP contribution in [0.4, 0.5) is 11.4 Å². The van der Waals surface area contributed by atoms with E-state index in [4.69, 9.17) is 0 Å². The predicted octanol–water partition coefficient (Wildman–Crippen LogP) is 3.16. The summed E-state index contributed by atoms with van der Waals surface area (Å²) in [6, 6.07) is 17.1. The summed E-state index contributed by atoms with van der Waals surface area (Å²) in [5.74, 6) is -0.469. The number of H-pyrrole nitrogens is 1. The highest BCUT2D eigenvalue weighted by Crippen LogP contribution is 2.27. The molecule has 1 fully saturated rings. The number of hydrogen-bond acceptors (Lipinski definition) is 2. The van der Waals surface area contributed by atoms with Crippen molar-refractivity contribution < 1.29 is 9.59 Å². The van der Waals surface area contributed by atoms with Gasteiger partial charge >= 0.3 is 0 Å². The summed E-state index contributed by atoms with van der Waals surface area (Å²) in [4.78, 5) is 29.7. The van der Waals surface area contributed by atoms with E-state index in [0.717, 1.165) is 22.3 Å². The maximum absolute atomic E-state index is 12.6. The minimum Gasteiger partial charge on any atom is -0.361 e. The molecule has 0 saturated carbocycles. The zero-order valence-corrected chi connectivity index (χ0v) is 13.0. The van der Waals surface area contributed by atoms with Gasteiger partial charge in [0.15, 0.2) is 0 Å². The van der Waals surface area contributed by atoms with Gasteiger partial charge in [0.2, 0.25) is 11.8 Å². The van der Waals surface area contributed by atoms with Crippen LogP contribution in [0.3, 0.4) is 0 Å². The lowest BCUT2D eigenvalue weighted by molar-refractivity contribution is -0.122. The molecule has 1 unspecified atom stereocenters. The second-order valence-corrected chi connectivity index (χ2v) is 5.97. The number of aromatic nitrogens is 1. The Bertz CT molecular complexity index is 901. The van der Waals surface area contributed by atoms with Crippen molar-refractivity contribution in [3.63, 3.8) is 0 Å². The highest BCUT2D eigenvalue weighted by atomic mass is 16.2. The Hall–Kier alpha value is -3.08. The van der Waals surface area contributed by atoms with Gasteiger partial charge in [0.1, 0.15) is 0 Å². The van der Waals surface area contributed by atoms with Crippen LogP contribution < -0.4 is 10.2 Å². The van der Waals surface area contributed by atoms with E-state index in [1.54, 1.807) is 4.90 Å². The molecule has 1 aliphatic rings. The van der Waals surface area contributed by atoms with Crippen LogP contribution in [0.1, 0.15) is 6.42 Å². The van der Waals surface area contributed by atoms with Gasteiger partial charge in [-0.05, 0) is 30.3 Å². The summed E-state index contributed by atoms with van der Waals surface area (Å²) in [7, 11) is 0. The van der Waals surface area contributed by atoms with Crippen molar-refractivity contribution in [1.82, 2.24) is 4.98 Å². The Morgan fingerprint density at radius 1 is 1.08 bits per heavy atom. The number of aromatic amines is 1. The molecular formula is C19H17N3O2. The zero-order chi connectivity index (χ0) is 16.5. The number of carbonyl (C=O) groups excluding carboxylic acids is 2. The number of carbonyl (C=O) groups is 2. The van der Waals surface area contributed by atoms with Gasteiger partial charge in [-0.15, -0.1) is 0 Å². The van der Waals surface area contributed by atoms with Crippen LogP contribution in [0.25, 0.3) is 10.9 Å². The number of benzene rings is 2. The number of amides is 2. The highest BCUT2D eigenvalue weighted by molar-refractivity contribution is 6.06. The third kappa shape index (κ3) is 2.54. The van der Waals surface area contributed by atoms with Gasteiger partial charge in [-0.25, -0.2) is 0 Å². The van der Waals surface area contributed by atoms with Crippen molar-refractivity contribution >= 4 is 34.1 Å². The van der Waals surface area contributed by atoms with E-state index >= 15 is 0 Å². The standard InChI is InChI=1S/C19H17N3O2/c23-18-11-13(12-22(18)14-5-2-1-3-6-14)19(24)21-17-8-4-7-16-15(17)9-10-20-16/h1-10,13,20H,11-12H2,(H,21,24). The van der Waals surface area contributed by atoms with E-state index in [2.05, 4.69) is 10.3 Å². The average molecular weight is 319 g/mol. The lowest BCUT2D eigenvalue weighted by Gasteiger charge is -2.16. The van der Waals surface area contributed by atoms with Crippen LogP contribution in [0, 0.1) is 5.92 Å². The first-order valence-corrected chi connectivity index (χ1v) is 7.95. The molecule has 120 valence electrons. The van der Waals surface area contributed by atoms with Crippen molar-refractivity contribution in [2.75, 3.05) is 16.8 Å². The van der Waals surface area contributed by atoms with Gasteiger partial charge in [-0.1, -0.05) is 24.3 Å². The molecule has 0 aliphatic carbocycles. The van der Waals surface area contributed by atoms with Crippen molar-refractivity contribution in [3.05, 3.63) is 60.8 Å². The third-order valence-corrected chi connectivity index (χ3v) is 4.42. The van der Waals surface area contributed by atoms with Crippen LogP contribution in [-0.4, -0.2) is 23.3 Å². The quantitative estimate of drug-likeness (QED) is 0.779. The molecule has 4 rings (SSSR count). The Balaban J connectivity index is 1.52. The van der Waals surface area contributed by atoms with Crippen molar-refractivity contribution in [3.8, 4) is 0 Å². The molecule has 0 spiro atoms. The fourth-order valence-electron chi connectivity index (χ4n) is 3.17. The predicted molar refractivity (Wildman–Crippen MR) is 93.8 cm³/mol. The maximum Gasteiger partial charge on any atom is 0.229 e. The fourth-order valence-corrected chi connectivity index (χ4v) is 3.17. The van der Waals surface area contributed by atoms with Gasteiger partial charge in [-0.3, -0.25) is 9.59 Å². The normalized spacial score (nSPS) is 17.4. The molecule has 5 heteroatoms. The average Bonchev–Trinajstić information content (AvgIpc) is 3.23. The molecule has 0 radical (unpaired) electrons. The maximum atomic E-state index is 12.6. The minimum absolute atomic E-state index is 0.0128. The first-order valence-electron chi connectivity index (χ1n) is 7.95. The molecule has 5 nitrogen and oxygen atoms in total. The molecule has 2 N–H and O–H groups in total. The van der Waals surface area contributed by atoms with Crippen LogP contribution in [-0.2, 0) is 9.59 Å². The Labute approximate surface area is 139 Å². The molecule has 1 aliphatic heterocycles. The molecule has 0 bridgehead atoms. The molecule has 1 atom stereocenters. The summed E-state index contributed by atoms with van der Waals surface area (Å²) >= 11 is 0. The van der Waals surface area contributed by atoms with Gasteiger partial charge in [-0.2, -0.15) is 0 Å². The van der Waals surface area contributed by atoms with Crippen LogP contribution in [0.2, 0.25) is 0 Å². The molecule has 3 aromatic rings. The summed E-state index contributed by atoms with van der Waals surface area (Å²) in [5.41, 5.74) is 2.58. The van der Waals surface area contributed by atoms with Gasteiger partial charge < -0.3 is 15.2 Å². The van der Waals surface area contributed by atoms with Crippen molar-refractivity contribution in [1.29, 1.82) is 0 Å². The van der Waals surface area contributed by atoms with Crippen molar-refractivity contribution in [2.45, 2.75) is 6.42 Å². The van der Waals surface area contributed by atoms with E-state index in [-0.39, 0.29) is 24.2 Å². The monoisotopic (exact) mass is 319 g/mol. The SMILES string of the molecule is O=C(Nc1cccc2[nH]ccc12)C1CC(=O)N(c2ccccc2)C1. The second-order valence-electron chi connectivity index (χ2n) is 5.97. The number of nitrogens with one attached hydrogen (secondary N) is 2. The largest absolute Gasteiger partial charge is 0.361 e. The Morgan fingerprint density at radius 3 is 2.75 bits per heavy atom. The summed E-state index contributed by atoms with van der Waals surface area (Å²) in [5, 5.41) is 3.94. The number of hydrogen-bond donors (Lipinski definition) is 2. The molecule has 1 aromatic heterocycles. The Morgan fingerprint density at radius 2 is 1.92 bits per heavy atom. The van der Waals surface area contributed by atoms with Crippen LogP contribution in [0.15, 0.2) is 60.8 Å². The topological polar surface area (TPSA) is 65.2 Å². The molecule has 2 aromatic carbocycles. The first-order chi connectivity index (χ1) is 11.7. The van der Waals surface area contributed by atoms with E-state index < -0.39 is 0 Å². The molecule has 2 heterocycles. The number of anilines is 2. The van der Waals surface area contributed by atoms with E-state index in [1.165, 1.54) is 0 Å². The number of fused-ring (bicyclic) bond motifs is 1. The number of nitrogens with zero attached hydrogens (tertiary/aromatic N) is 1. The number of para-hydroxylation sites is 1.